The standard InChI is InChI=1S/C11H14BrF2NO2/c1-2-17-9-4-3-7(12)5-8(9)10(15)11(13,14)6-16/h3-5,10,16H,2,6,15H2,1H3/t10-/m1/s1. The van der Waals surface area contributed by atoms with Gasteiger partial charge < -0.3 is 15.6 Å². The van der Waals surface area contributed by atoms with Crippen molar-refractivity contribution in [3.05, 3.63) is 28.2 Å². The molecule has 0 saturated heterocycles. The maximum Gasteiger partial charge on any atom is 0.289 e. The number of nitrogens with two attached hydrogens (primary N) is 1. The highest BCUT2D eigenvalue weighted by Crippen LogP contribution is 2.35. The van der Waals surface area contributed by atoms with E-state index in [0.29, 0.717) is 16.8 Å². The number of alkyl halides is 2. The van der Waals surface area contributed by atoms with E-state index in [-0.39, 0.29) is 5.56 Å². The molecule has 0 aliphatic heterocycles. The van der Waals surface area contributed by atoms with E-state index in [1.54, 1.807) is 19.1 Å². The minimum Gasteiger partial charge on any atom is -0.494 e. The molecule has 0 aliphatic rings. The maximum atomic E-state index is 13.3. The molecule has 0 spiro atoms. The lowest BCUT2D eigenvalue weighted by molar-refractivity contribution is -0.0716. The zero-order chi connectivity index (χ0) is 13.1. The van der Waals surface area contributed by atoms with Crippen LogP contribution in [0.2, 0.25) is 0 Å². The van der Waals surface area contributed by atoms with Crippen LogP contribution in [0.4, 0.5) is 8.78 Å². The van der Waals surface area contributed by atoms with Gasteiger partial charge in [0, 0.05) is 10.0 Å². The summed E-state index contributed by atoms with van der Waals surface area (Å²) in [6.45, 7) is 0.805. The number of aliphatic hydroxyl groups is 1. The Labute approximate surface area is 107 Å². The van der Waals surface area contributed by atoms with E-state index in [9.17, 15) is 8.78 Å². The average Bonchev–Trinajstić information content (AvgIpc) is 2.30. The Morgan fingerprint density at radius 3 is 2.71 bits per heavy atom. The van der Waals surface area contributed by atoms with E-state index in [4.69, 9.17) is 15.6 Å². The average molecular weight is 310 g/mol. The molecular formula is C11H14BrF2NO2. The predicted molar refractivity (Wildman–Crippen MR) is 64.3 cm³/mol. The molecule has 17 heavy (non-hydrogen) atoms. The zero-order valence-corrected chi connectivity index (χ0v) is 10.9. The highest BCUT2D eigenvalue weighted by atomic mass is 79.9. The lowest BCUT2D eigenvalue weighted by Gasteiger charge is -2.23. The number of ether oxygens (including phenoxy) is 1. The van der Waals surface area contributed by atoms with Gasteiger partial charge in [0.05, 0.1) is 6.61 Å². The highest BCUT2D eigenvalue weighted by Gasteiger charge is 2.38. The fraction of sp³-hybridized carbons (Fsp3) is 0.455. The molecule has 6 heteroatoms. The minimum atomic E-state index is -3.38. The molecule has 0 radical (unpaired) electrons. The molecule has 3 nitrogen and oxygen atoms in total. The van der Waals surface area contributed by atoms with Crippen molar-refractivity contribution in [1.82, 2.24) is 0 Å². The van der Waals surface area contributed by atoms with Crippen molar-refractivity contribution in [1.29, 1.82) is 0 Å². The van der Waals surface area contributed by atoms with Gasteiger partial charge in [-0.3, -0.25) is 0 Å². The summed E-state index contributed by atoms with van der Waals surface area (Å²) < 4.78 is 32.5. The van der Waals surface area contributed by atoms with Crippen LogP contribution in [0.5, 0.6) is 5.75 Å². The van der Waals surface area contributed by atoms with Crippen molar-refractivity contribution in [2.75, 3.05) is 13.2 Å². The molecule has 1 aromatic carbocycles. The van der Waals surface area contributed by atoms with E-state index >= 15 is 0 Å². The van der Waals surface area contributed by atoms with Crippen LogP contribution in [0.1, 0.15) is 18.5 Å². The first kappa shape index (κ1) is 14.3. The Morgan fingerprint density at radius 2 is 2.18 bits per heavy atom. The molecule has 1 rings (SSSR count). The topological polar surface area (TPSA) is 55.5 Å². The largest absolute Gasteiger partial charge is 0.494 e. The van der Waals surface area contributed by atoms with Crippen LogP contribution in [0.25, 0.3) is 0 Å². The van der Waals surface area contributed by atoms with Gasteiger partial charge >= 0.3 is 0 Å². The van der Waals surface area contributed by atoms with E-state index < -0.39 is 18.6 Å². The van der Waals surface area contributed by atoms with E-state index in [2.05, 4.69) is 15.9 Å². The SMILES string of the molecule is CCOc1ccc(Br)cc1[C@@H](N)C(F)(F)CO. The number of hydrogen-bond acceptors (Lipinski definition) is 3. The van der Waals surface area contributed by atoms with E-state index in [1.807, 2.05) is 0 Å². The number of hydrogen-bond donors (Lipinski definition) is 2. The number of benzene rings is 1. The number of rotatable bonds is 5. The summed E-state index contributed by atoms with van der Waals surface area (Å²) >= 11 is 3.19. The van der Waals surface area contributed by atoms with Crippen LogP contribution in [-0.4, -0.2) is 24.2 Å². The second kappa shape index (κ2) is 5.75. The highest BCUT2D eigenvalue weighted by molar-refractivity contribution is 9.10. The zero-order valence-electron chi connectivity index (χ0n) is 9.29. The summed E-state index contributed by atoms with van der Waals surface area (Å²) in [5, 5.41) is 8.63. The number of aliphatic hydroxyl groups excluding tert-OH is 1. The van der Waals surface area contributed by atoms with Crippen LogP contribution in [-0.2, 0) is 0 Å². The van der Waals surface area contributed by atoms with Crippen LogP contribution < -0.4 is 10.5 Å². The Hall–Kier alpha value is -0.720. The van der Waals surface area contributed by atoms with E-state index in [1.165, 1.54) is 6.07 Å². The van der Waals surface area contributed by atoms with Crippen molar-refractivity contribution >= 4 is 15.9 Å². The van der Waals surface area contributed by atoms with Crippen LogP contribution in [0.3, 0.4) is 0 Å². The second-order valence-electron chi connectivity index (χ2n) is 3.51. The van der Waals surface area contributed by atoms with Gasteiger partial charge in [-0.05, 0) is 25.1 Å². The second-order valence-corrected chi connectivity index (χ2v) is 4.43. The Bertz CT molecular complexity index is 388. The van der Waals surface area contributed by atoms with Crippen LogP contribution in [0, 0.1) is 0 Å². The van der Waals surface area contributed by atoms with E-state index in [0.717, 1.165) is 0 Å². The van der Waals surface area contributed by atoms with Crippen LogP contribution >= 0.6 is 15.9 Å². The predicted octanol–water partition coefficient (Wildman–Crippen LogP) is 2.48. The molecule has 0 fully saturated rings. The minimum absolute atomic E-state index is 0.167. The summed E-state index contributed by atoms with van der Waals surface area (Å²) in [5.41, 5.74) is 5.64. The summed E-state index contributed by atoms with van der Waals surface area (Å²) in [5.74, 6) is -3.08. The molecule has 0 unspecified atom stereocenters. The smallest absolute Gasteiger partial charge is 0.289 e. The van der Waals surface area contributed by atoms with Crippen molar-refractivity contribution < 1.29 is 18.6 Å². The van der Waals surface area contributed by atoms with Gasteiger partial charge in [-0.1, -0.05) is 15.9 Å². The van der Waals surface area contributed by atoms with Crippen molar-refractivity contribution in [2.45, 2.75) is 18.9 Å². The lowest BCUT2D eigenvalue weighted by atomic mass is 10.0. The molecule has 0 saturated carbocycles. The third-order valence-corrected chi connectivity index (χ3v) is 2.77. The Kier molecular flexibility index (Phi) is 4.85. The van der Waals surface area contributed by atoms with Gasteiger partial charge in [0.25, 0.3) is 5.92 Å². The molecule has 0 bridgehead atoms. The monoisotopic (exact) mass is 309 g/mol. The summed E-state index contributed by atoms with van der Waals surface area (Å²) in [6, 6.07) is 3.11. The molecular weight excluding hydrogens is 296 g/mol. The van der Waals surface area contributed by atoms with Gasteiger partial charge in [-0.15, -0.1) is 0 Å². The molecule has 1 atom stereocenters. The first-order chi connectivity index (χ1) is 7.92. The van der Waals surface area contributed by atoms with Gasteiger partial charge in [-0.2, -0.15) is 0 Å². The summed E-state index contributed by atoms with van der Waals surface area (Å²) in [6.07, 6.45) is 0. The van der Waals surface area contributed by atoms with Gasteiger partial charge in [0.1, 0.15) is 18.4 Å². The molecule has 0 aliphatic carbocycles. The normalized spacial score (nSPS) is 13.5. The van der Waals surface area contributed by atoms with Gasteiger partial charge in [0.2, 0.25) is 0 Å². The summed E-state index contributed by atoms with van der Waals surface area (Å²) in [4.78, 5) is 0. The Balaban J connectivity index is 3.14. The first-order valence-electron chi connectivity index (χ1n) is 5.09. The van der Waals surface area contributed by atoms with Gasteiger partial charge in [0.15, 0.2) is 0 Å². The molecule has 0 aromatic heterocycles. The molecule has 1 aromatic rings. The fourth-order valence-corrected chi connectivity index (χ4v) is 1.75. The molecule has 0 heterocycles. The quantitative estimate of drug-likeness (QED) is 0.878. The third kappa shape index (κ3) is 3.37. The summed E-state index contributed by atoms with van der Waals surface area (Å²) in [7, 11) is 0. The van der Waals surface area contributed by atoms with Crippen LogP contribution in [0.15, 0.2) is 22.7 Å². The lowest BCUT2D eigenvalue weighted by Crippen LogP contribution is -2.36. The van der Waals surface area contributed by atoms with Crippen molar-refractivity contribution in [3.8, 4) is 5.75 Å². The number of halogens is 3. The Morgan fingerprint density at radius 1 is 1.53 bits per heavy atom. The fourth-order valence-electron chi connectivity index (χ4n) is 1.38. The molecule has 0 amide bonds. The van der Waals surface area contributed by atoms with Gasteiger partial charge in [-0.25, -0.2) is 8.78 Å². The maximum absolute atomic E-state index is 13.3. The van der Waals surface area contributed by atoms with Crippen molar-refractivity contribution in [3.63, 3.8) is 0 Å². The third-order valence-electron chi connectivity index (χ3n) is 2.27. The van der Waals surface area contributed by atoms with Crippen molar-refractivity contribution in [2.24, 2.45) is 5.73 Å². The first-order valence-corrected chi connectivity index (χ1v) is 5.88. The molecule has 3 N–H and O–H groups in total. The molecule has 96 valence electrons.